The highest BCUT2D eigenvalue weighted by Gasteiger charge is 2.45. The highest BCUT2D eigenvalue weighted by atomic mass is 127. The van der Waals surface area contributed by atoms with Crippen molar-refractivity contribution >= 4 is 68.3 Å². The Morgan fingerprint density at radius 3 is 2.52 bits per heavy atom. The van der Waals surface area contributed by atoms with Gasteiger partial charge in [-0.3, -0.25) is 9.36 Å². The van der Waals surface area contributed by atoms with Gasteiger partial charge in [-0.25, -0.2) is 9.79 Å². The molecule has 0 N–H and O–H groups in total. The molecule has 4 aromatic carbocycles. The second kappa shape index (κ2) is 13.8. The molecule has 1 aromatic heterocycles. The van der Waals surface area contributed by atoms with Crippen LogP contribution in [0.5, 0.6) is 11.5 Å². The van der Waals surface area contributed by atoms with E-state index in [0.717, 1.165) is 35.8 Å². The van der Waals surface area contributed by atoms with Gasteiger partial charge in [0.05, 0.1) is 29.9 Å². The first-order chi connectivity index (χ1) is 23.0. The normalized spacial score (nSPS) is 14.9. The summed E-state index contributed by atoms with van der Waals surface area (Å²) in [6, 6.07) is 21.7. The van der Waals surface area contributed by atoms with Crippen LogP contribution in [0.25, 0.3) is 16.8 Å². The minimum atomic E-state index is -5.02. The fraction of sp³-hybridized carbons (Fsp3) is 0.171. The number of carbonyl (C=O) groups excluding carboxylic acids is 1. The smallest absolute Gasteiger partial charge is 0.434 e. The summed E-state index contributed by atoms with van der Waals surface area (Å²) < 4.78 is 62.4. The standard InChI is InChI=1S/C35H25ClF3IN2O5S/c1-3-46-33(44)28-29(20-11-13-23(36)14-12-20)42-32(43)27(48-34(42)41-31(28)35(37,38)39)16-22-15-24(40)17-26(45-2)30(22)47-18-21-9-6-8-19-7-4-5-10-25(19)21/h4-17,29H,3,18H2,1-2H3/b27-16-/t29-/m0/s1. The Bertz CT molecular complexity index is 2260. The number of halogens is 5. The molecule has 1 atom stereocenters. The Labute approximate surface area is 294 Å². The number of benzene rings is 4. The zero-order chi connectivity index (χ0) is 34.2. The number of carbonyl (C=O) groups is 1. The molecule has 0 saturated heterocycles. The van der Waals surface area contributed by atoms with Crippen molar-refractivity contribution in [2.24, 2.45) is 4.99 Å². The van der Waals surface area contributed by atoms with Gasteiger partial charge in [0.2, 0.25) is 0 Å². The molecule has 1 aliphatic rings. The molecular weight excluding hydrogens is 780 g/mol. The number of ether oxygens (including phenoxy) is 3. The number of hydrogen-bond donors (Lipinski definition) is 0. The summed E-state index contributed by atoms with van der Waals surface area (Å²) in [7, 11) is 1.50. The monoisotopic (exact) mass is 804 g/mol. The lowest BCUT2D eigenvalue weighted by Crippen LogP contribution is -2.41. The van der Waals surface area contributed by atoms with E-state index in [1.54, 1.807) is 12.1 Å². The van der Waals surface area contributed by atoms with Gasteiger partial charge in [0.1, 0.15) is 6.61 Å². The molecule has 7 nitrogen and oxygen atoms in total. The minimum Gasteiger partial charge on any atom is -0.493 e. The molecule has 48 heavy (non-hydrogen) atoms. The van der Waals surface area contributed by atoms with Crippen molar-refractivity contribution in [2.45, 2.75) is 25.7 Å². The second-order valence-electron chi connectivity index (χ2n) is 10.6. The molecule has 0 amide bonds. The zero-order valence-corrected chi connectivity index (χ0v) is 29.0. The predicted octanol–water partition coefficient (Wildman–Crippen LogP) is 7.34. The number of methoxy groups -OCH3 is 1. The Morgan fingerprint density at radius 2 is 1.81 bits per heavy atom. The second-order valence-corrected chi connectivity index (χ2v) is 13.3. The van der Waals surface area contributed by atoms with Crippen LogP contribution in [0.2, 0.25) is 5.02 Å². The van der Waals surface area contributed by atoms with E-state index >= 15 is 0 Å². The van der Waals surface area contributed by atoms with Gasteiger partial charge in [0.25, 0.3) is 5.56 Å². The van der Waals surface area contributed by atoms with Gasteiger partial charge >= 0.3 is 12.1 Å². The lowest BCUT2D eigenvalue weighted by atomic mass is 9.95. The van der Waals surface area contributed by atoms with E-state index in [4.69, 9.17) is 25.8 Å². The van der Waals surface area contributed by atoms with Gasteiger partial charge in [0.15, 0.2) is 22.0 Å². The molecule has 246 valence electrons. The molecule has 13 heteroatoms. The number of esters is 1. The fourth-order valence-corrected chi connectivity index (χ4v) is 7.25. The van der Waals surface area contributed by atoms with Crippen LogP contribution >= 0.6 is 45.5 Å². The SMILES string of the molecule is CCOC(=O)C1=C(C(F)(F)F)N=c2s/c(=C\c3cc(I)cc(OC)c3OCc3cccc4ccccc34)c(=O)n2[C@H]1c1ccc(Cl)cc1. The number of rotatable bonds is 8. The fourth-order valence-electron chi connectivity index (χ4n) is 5.51. The van der Waals surface area contributed by atoms with Gasteiger partial charge in [-0.1, -0.05) is 77.5 Å². The Hall–Kier alpha value is -4.14. The first kappa shape index (κ1) is 33.7. The molecule has 0 radical (unpaired) electrons. The van der Waals surface area contributed by atoms with E-state index in [2.05, 4.69) is 27.6 Å². The van der Waals surface area contributed by atoms with E-state index in [0.29, 0.717) is 22.1 Å². The maximum Gasteiger partial charge on any atom is 0.434 e. The molecule has 0 spiro atoms. The molecule has 0 bridgehead atoms. The number of allylic oxidation sites excluding steroid dienone is 1. The average molecular weight is 805 g/mol. The largest absolute Gasteiger partial charge is 0.493 e. The summed E-state index contributed by atoms with van der Waals surface area (Å²) in [5, 5.41) is 2.39. The van der Waals surface area contributed by atoms with E-state index in [1.165, 1.54) is 44.4 Å². The van der Waals surface area contributed by atoms with Crippen LogP contribution in [0.15, 0.2) is 99.9 Å². The molecule has 0 unspecified atom stereocenters. The maximum absolute atomic E-state index is 14.5. The average Bonchev–Trinajstić information content (AvgIpc) is 3.37. The molecule has 6 rings (SSSR count). The summed E-state index contributed by atoms with van der Waals surface area (Å²) in [6.07, 6.45) is -3.49. The maximum atomic E-state index is 14.5. The van der Waals surface area contributed by atoms with Gasteiger partial charge < -0.3 is 14.2 Å². The number of thiazole rings is 1. The summed E-state index contributed by atoms with van der Waals surface area (Å²) in [5.74, 6) is -0.479. The molecule has 1 aliphatic heterocycles. The first-order valence-corrected chi connectivity index (χ1v) is 16.8. The van der Waals surface area contributed by atoms with Crippen LogP contribution in [-0.4, -0.2) is 30.4 Å². The molecule has 5 aromatic rings. The van der Waals surface area contributed by atoms with Gasteiger partial charge in [-0.05, 0) is 81.8 Å². The number of aromatic nitrogens is 1. The predicted molar refractivity (Wildman–Crippen MR) is 186 cm³/mol. The van der Waals surface area contributed by atoms with Gasteiger partial charge in [-0.15, -0.1) is 0 Å². The van der Waals surface area contributed by atoms with Crippen molar-refractivity contribution in [3.05, 3.63) is 135 Å². The summed E-state index contributed by atoms with van der Waals surface area (Å²) in [5.41, 5.74) is -1.26. The van der Waals surface area contributed by atoms with Crippen molar-refractivity contribution < 1.29 is 32.2 Å². The number of hydrogen-bond acceptors (Lipinski definition) is 7. The lowest BCUT2D eigenvalue weighted by molar-refractivity contribution is -0.140. The number of nitrogens with zero attached hydrogens (tertiary/aromatic N) is 2. The minimum absolute atomic E-state index is 0.0680. The third-order valence-electron chi connectivity index (χ3n) is 7.59. The summed E-state index contributed by atoms with van der Waals surface area (Å²) in [4.78, 5) is 30.9. The number of fused-ring (bicyclic) bond motifs is 2. The highest BCUT2D eigenvalue weighted by Crippen LogP contribution is 2.39. The van der Waals surface area contributed by atoms with Crippen LogP contribution in [-0.2, 0) is 16.1 Å². The van der Waals surface area contributed by atoms with Crippen molar-refractivity contribution in [3.8, 4) is 11.5 Å². The van der Waals surface area contributed by atoms with E-state index in [9.17, 15) is 22.8 Å². The van der Waals surface area contributed by atoms with Gasteiger partial charge in [-0.2, -0.15) is 13.2 Å². The Morgan fingerprint density at radius 1 is 1.08 bits per heavy atom. The van der Waals surface area contributed by atoms with Crippen LogP contribution in [0.3, 0.4) is 0 Å². The van der Waals surface area contributed by atoms with Gasteiger partial charge in [0, 0.05) is 14.2 Å². The topological polar surface area (TPSA) is 79.1 Å². The van der Waals surface area contributed by atoms with Crippen molar-refractivity contribution in [1.29, 1.82) is 0 Å². The zero-order valence-electron chi connectivity index (χ0n) is 25.3. The number of alkyl halides is 3. The molecule has 0 fully saturated rings. The van der Waals surface area contributed by atoms with Crippen molar-refractivity contribution in [2.75, 3.05) is 13.7 Å². The van der Waals surface area contributed by atoms with Crippen molar-refractivity contribution in [3.63, 3.8) is 0 Å². The third kappa shape index (κ3) is 6.61. The Balaban J connectivity index is 1.53. The van der Waals surface area contributed by atoms with Crippen LogP contribution < -0.4 is 24.4 Å². The first-order valence-electron chi connectivity index (χ1n) is 14.5. The molecule has 2 heterocycles. The Kier molecular flexibility index (Phi) is 9.68. The van der Waals surface area contributed by atoms with Crippen LogP contribution in [0.4, 0.5) is 13.2 Å². The summed E-state index contributed by atoms with van der Waals surface area (Å²) in [6.45, 7) is 1.48. The van der Waals surface area contributed by atoms with Crippen LogP contribution in [0, 0.1) is 3.57 Å². The van der Waals surface area contributed by atoms with E-state index in [-0.39, 0.29) is 28.1 Å². The quantitative estimate of drug-likeness (QED) is 0.121. The molecule has 0 aliphatic carbocycles. The molecule has 0 saturated carbocycles. The molecular formula is C35H25ClF3IN2O5S. The summed E-state index contributed by atoms with van der Waals surface area (Å²) >= 11 is 8.95. The van der Waals surface area contributed by atoms with E-state index < -0.39 is 35.0 Å². The van der Waals surface area contributed by atoms with E-state index in [1.807, 2.05) is 42.5 Å². The van der Waals surface area contributed by atoms with Crippen molar-refractivity contribution in [1.82, 2.24) is 4.57 Å². The highest BCUT2D eigenvalue weighted by molar-refractivity contribution is 14.1. The van der Waals surface area contributed by atoms with Crippen LogP contribution in [0.1, 0.15) is 29.7 Å². The lowest BCUT2D eigenvalue weighted by Gasteiger charge is -2.26. The third-order valence-corrected chi connectivity index (χ3v) is 9.45.